The maximum absolute atomic E-state index is 8.38. The Bertz CT molecular complexity index is 336. The van der Waals surface area contributed by atoms with Crippen molar-refractivity contribution >= 4 is 67.8 Å². The molecule has 0 bridgehead atoms. The van der Waals surface area contributed by atoms with Crippen LogP contribution in [0.2, 0.25) is 0 Å². The van der Waals surface area contributed by atoms with Gasteiger partial charge in [-0.2, -0.15) is 5.26 Å². The summed E-state index contributed by atoms with van der Waals surface area (Å²) in [6.45, 7) is 0.104. The van der Waals surface area contributed by atoms with Crippen molar-refractivity contribution in [1.82, 2.24) is 0 Å². The Kier molecular flexibility index (Phi) is 5.03. The summed E-state index contributed by atoms with van der Waals surface area (Å²) in [6, 6.07) is 6.00. The Morgan fingerprint density at radius 1 is 1.23 bits per heavy atom. The molecule has 1 aromatic carbocycles. The van der Waals surface area contributed by atoms with Crippen molar-refractivity contribution in [2.75, 3.05) is 6.61 Å². The molecule has 0 N–H and O–H groups in total. The summed E-state index contributed by atoms with van der Waals surface area (Å²) in [4.78, 5) is 0. The quantitative estimate of drug-likeness (QED) is 0.572. The number of hydrogen-bond acceptors (Lipinski definition) is 2. The van der Waals surface area contributed by atoms with Crippen molar-refractivity contribution in [3.8, 4) is 11.8 Å². The Labute approximate surface area is 117 Å². The third-order valence-corrected chi connectivity index (χ3v) is 3.47. The highest BCUT2D eigenvalue weighted by Gasteiger charge is 2.07. The number of benzene rings is 1. The van der Waals surface area contributed by atoms with Crippen LogP contribution in [0.3, 0.4) is 0 Å². The summed E-state index contributed by atoms with van der Waals surface area (Å²) in [6.07, 6.45) is 0. The van der Waals surface area contributed by atoms with Gasteiger partial charge in [0.25, 0.3) is 0 Å². The van der Waals surface area contributed by atoms with Gasteiger partial charge in [0.05, 0.1) is 7.14 Å². The molecule has 0 radical (unpaired) electrons. The number of nitriles is 1. The SMILES string of the molecule is N#CCOc1c(I)cc(I)cc1I. The van der Waals surface area contributed by atoms with Crippen LogP contribution >= 0.6 is 67.8 Å². The van der Waals surface area contributed by atoms with Gasteiger partial charge in [0.2, 0.25) is 0 Å². The van der Waals surface area contributed by atoms with Crippen LogP contribution in [0.25, 0.3) is 0 Å². The fourth-order valence-corrected chi connectivity index (χ4v) is 4.67. The smallest absolute Gasteiger partial charge is 0.174 e. The molecule has 0 saturated carbocycles. The summed E-state index contributed by atoms with van der Waals surface area (Å²) in [5.41, 5.74) is 0. The van der Waals surface area contributed by atoms with Gasteiger partial charge in [0, 0.05) is 3.57 Å². The highest BCUT2D eigenvalue weighted by atomic mass is 127. The summed E-state index contributed by atoms with van der Waals surface area (Å²) in [7, 11) is 0. The van der Waals surface area contributed by atoms with Crippen molar-refractivity contribution in [1.29, 1.82) is 5.26 Å². The molecule has 1 rings (SSSR count). The first kappa shape index (κ1) is 11.8. The van der Waals surface area contributed by atoms with E-state index in [9.17, 15) is 0 Å². The first-order chi connectivity index (χ1) is 6.15. The van der Waals surface area contributed by atoms with Gasteiger partial charge in [-0.25, -0.2) is 0 Å². The van der Waals surface area contributed by atoms with E-state index in [1.165, 1.54) is 3.57 Å². The summed E-state index contributed by atoms with van der Waals surface area (Å²) < 4.78 is 8.56. The molecule has 0 saturated heterocycles. The molecule has 13 heavy (non-hydrogen) atoms. The average molecular weight is 511 g/mol. The maximum Gasteiger partial charge on any atom is 0.174 e. The highest BCUT2D eigenvalue weighted by molar-refractivity contribution is 14.1. The van der Waals surface area contributed by atoms with Crippen LogP contribution in [0.1, 0.15) is 0 Å². The number of ether oxygens (including phenoxy) is 1. The normalized spacial score (nSPS) is 9.38. The third-order valence-electron chi connectivity index (χ3n) is 1.24. The van der Waals surface area contributed by atoms with Gasteiger partial charge in [-0.1, -0.05) is 0 Å². The van der Waals surface area contributed by atoms with Crippen LogP contribution in [0.15, 0.2) is 12.1 Å². The van der Waals surface area contributed by atoms with Crippen LogP contribution in [0.5, 0.6) is 5.75 Å². The lowest BCUT2D eigenvalue weighted by Gasteiger charge is -2.07. The van der Waals surface area contributed by atoms with Crippen LogP contribution in [-0.2, 0) is 0 Å². The molecule has 5 heteroatoms. The van der Waals surface area contributed by atoms with Crippen LogP contribution < -0.4 is 4.74 Å². The Morgan fingerprint density at radius 2 is 1.77 bits per heavy atom. The summed E-state index contributed by atoms with van der Waals surface area (Å²) in [5.74, 6) is 0.808. The number of nitrogens with zero attached hydrogens (tertiary/aromatic N) is 1. The molecular formula is C8H4I3NO. The minimum absolute atomic E-state index is 0.104. The van der Waals surface area contributed by atoms with E-state index >= 15 is 0 Å². The minimum atomic E-state index is 0.104. The Morgan fingerprint density at radius 3 is 2.23 bits per heavy atom. The fraction of sp³-hybridized carbons (Fsp3) is 0.125. The third kappa shape index (κ3) is 3.39. The van der Waals surface area contributed by atoms with E-state index in [1.807, 2.05) is 18.2 Å². The molecular weight excluding hydrogens is 507 g/mol. The predicted molar refractivity (Wildman–Crippen MR) is 75.7 cm³/mol. The zero-order valence-corrected chi connectivity index (χ0v) is 12.8. The number of halogens is 3. The number of hydrogen-bond donors (Lipinski definition) is 0. The lowest BCUT2D eigenvalue weighted by molar-refractivity contribution is 0.363. The largest absolute Gasteiger partial charge is 0.477 e. The average Bonchev–Trinajstić information content (AvgIpc) is 2.02. The van der Waals surface area contributed by atoms with Crippen LogP contribution in [0, 0.1) is 22.0 Å². The van der Waals surface area contributed by atoms with Gasteiger partial charge < -0.3 is 4.74 Å². The van der Waals surface area contributed by atoms with Gasteiger partial charge in [0.15, 0.2) is 6.61 Å². The van der Waals surface area contributed by atoms with Crippen LogP contribution in [0.4, 0.5) is 0 Å². The zero-order valence-electron chi connectivity index (χ0n) is 6.35. The molecule has 0 atom stereocenters. The molecule has 0 aliphatic rings. The zero-order chi connectivity index (χ0) is 9.84. The van der Waals surface area contributed by atoms with E-state index in [-0.39, 0.29) is 6.61 Å². The van der Waals surface area contributed by atoms with E-state index in [4.69, 9.17) is 10.00 Å². The molecule has 0 unspecified atom stereocenters. The van der Waals surface area contributed by atoms with Crippen molar-refractivity contribution in [3.63, 3.8) is 0 Å². The topological polar surface area (TPSA) is 33.0 Å². The summed E-state index contributed by atoms with van der Waals surface area (Å²) in [5, 5.41) is 8.38. The van der Waals surface area contributed by atoms with Crippen molar-refractivity contribution in [2.45, 2.75) is 0 Å². The second-order valence-electron chi connectivity index (χ2n) is 2.15. The molecule has 1 aromatic rings. The Hall–Kier alpha value is 0.700. The van der Waals surface area contributed by atoms with E-state index in [0.717, 1.165) is 12.9 Å². The van der Waals surface area contributed by atoms with Crippen LogP contribution in [-0.4, -0.2) is 6.61 Å². The van der Waals surface area contributed by atoms with Gasteiger partial charge in [-0.3, -0.25) is 0 Å². The second-order valence-corrected chi connectivity index (χ2v) is 5.72. The lowest BCUT2D eigenvalue weighted by atomic mass is 10.3. The monoisotopic (exact) mass is 511 g/mol. The molecule has 0 fully saturated rings. The molecule has 68 valence electrons. The maximum atomic E-state index is 8.38. The standard InChI is InChI=1S/C8H4I3NO/c9-5-3-6(10)8(7(11)4-5)13-2-1-12/h3-4H,2H2. The van der Waals surface area contributed by atoms with Gasteiger partial charge in [-0.05, 0) is 79.9 Å². The van der Waals surface area contributed by atoms with Gasteiger partial charge >= 0.3 is 0 Å². The first-order valence-electron chi connectivity index (χ1n) is 3.29. The highest BCUT2D eigenvalue weighted by Crippen LogP contribution is 2.29. The molecule has 0 amide bonds. The Balaban J connectivity index is 3.00. The molecule has 0 aromatic heterocycles. The van der Waals surface area contributed by atoms with Crippen molar-refractivity contribution < 1.29 is 4.74 Å². The van der Waals surface area contributed by atoms with Gasteiger partial charge in [-0.15, -0.1) is 0 Å². The molecule has 0 aliphatic heterocycles. The van der Waals surface area contributed by atoms with Gasteiger partial charge in [0.1, 0.15) is 11.8 Å². The molecule has 2 nitrogen and oxygen atoms in total. The predicted octanol–water partition coefficient (Wildman–Crippen LogP) is 3.40. The fourth-order valence-electron chi connectivity index (χ4n) is 0.771. The lowest BCUT2D eigenvalue weighted by Crippen LogP contribution is -1.98. The van der Waals surface area contributed by atoms with E-state index in [0.29, 0.717) is 0 Å². The second kappa shape index (κ2) is 5.55. The summed E-state index contributed by atoms with van der Waals surface area (Å²) >= 11 is 6.67. The van der Waals surface area contributed by atoms with Crippen molar-refractivity contribution in [2.24, 2.45) is 0 Å². The molecule has 0 heterocycles. The molecule has 0 spiro atoms. The van der Waals surface area contributed by atoms with E-state index < -0.39 is 0 Å². The van der Waals surface area contributed by atoms with E-state index in [1.54, 1.807) is 0 Å². The minimum Gasteiger partial charge on any atom is -0.477 e. The molecule has 0 aliphatic carbocycles. The number of rotatable bonds is 2. The van der Waals surface area contributed by atoms with Crippen molar-refractivity contribution in [3.05, 3.63) is 22.8 Å². The van der Waals surface area contributed by atoms with E-state index in [2.05, 4.69) is 67.8 Å². The first-order valence-corrected chi connectivity index (χ1v) is 6.53.